The van der Waals surface area contributed by atoms with Gasteiger partial charge in [0.05, 0.1) is 5.69 Å². The van der Waals surface area contributed by atoms with Crippen molar-refractivity contribution in [1.29, 1.82) is 0 Å². The van der Waals surface area contributed by atoms with Crippen LogP contribution in [0, 0.1) is 6.92 Å². The number of carbonyl (C=O) groups is 1. The highest BCUT2D eigenvalue weighted by molar-refractivity contribution is 6.06. The third-order valence-electron chi connectivity index (χ3n) is 3.59. The van der Waals surface area contributed by atoms with E-state index in [1.54, 1.807) is 0 Å². The SMILES string of the molecule is Cc1cccc2c1C(=O)Cc1ccccc1N2C. The molecule has 0 aromatic heterocycles. The van der Waals surface area contributed by atoms with Crippen LogP contribution in [0.25, 0.3) is 0 Å². The Morgan fingerprint density at radius 2 is 1.72 bits per heavy atom. The van der Waals surface area contributed by atoms with Crippen molar-refractivity contribution in [2.75, 3.05) is 11.9 Å². The van der Waals surface area contributed by atoms with Gasteiger partial charge in [-0.15, -0.1) is 0 Å². The first-order valence-corrected chi connectivity index (χ1v) is 6.13. The fourth-order valence-corrected chi connectivity index (χ4v) is 2.67. The zero-order chi connectivity index (χ0) is 12.7. The van der Waals surface area contributed by atoms with E-state index in [1.165, 1.54) is 0 Å². The molecule has 0 N–H and O–H groups in total. The van der Waals surface area contributed by atoms with Gasteiger partial charge >= 0.3 is 0 Å². The standard InChI is InChI=1S/C16H15NO/c1-11-6-5-9-14-16(11)15(18)10-12-7-3-4-8-13(12)17(14)2/h3-9H,10H2,1-2H3. The van der Waals surface area contributed by atoms with Crippen LogP contribution in [-0.2, 0) is 6.42 Å². The Kier molecular flexibility index (Phi) is 2.44. The van der Waals surface area contributed by atoms with Crippen molar-refractivity contribution < 1.29 is 4.79 Å². The van der Waals surface area contributed by atoms with Crippen LogP contribution in [0.1, 0.15) is 21.5 Å². The molecule has 2 aromatic rings. The van der Waals surface area contributed by atoms with Crippen LogP contribution in [-0.4, -0.2) is 12.8 Å². The predicted molar refractivity (Wildman–Crippen MR) is 73.7 cm³/mol. The minimum Gasteiger partial charge on any atom is -0.344 e. The average Bonchev–Trinajstić information content (AvgIpc) is 2.47. The van der Waals surface area contributed by atoms with Crippen molar-refractivity contribution in [2.24, 2.45) is 0 Å². The minimum absolute atomic E-state index is 0.208. The van der Waals surface area contributed by atoms with Gasteiger partial charge in [0.2, 0.25) is 0 Å². The molecule has 0 atom stereocenters. The normalized spacial score (nSPS) is 13.9. The van der Waals surface area contributed by atoms with Crippen molar-refractivity contribution in [3.63, 3.8) is 0 Å². The van der Waals surface area contributed by atoms with Gasteiger partial charge in [0, 0.05) is 24.7 Å². The van der Waals surface area contributed by atoms with E-state index in [1.807, 2.05) is 50.4 Å². The third-order valence-corrected chi connectivity index (χ3v) is 3.59. The summed E-state index contributed by atoms with van der Waals surface area (Å²) >= 11 is 0. The monoisotopic (exact) mass is 237 g/mol. The number of nitrogens with zero attached hydrogens (tertiary/aromatic N) is 1. The summed E-state index contributed by atoms with van der Waals surface area (Å²) in [6.07, 6.45) is 0.484. The lowest BCUT2D eigenvalue weighted by Crippen LogP contribution is -2.12. The van der Waals surface area contributed by atoms with E-state index in [0.717, 1.165) is 28.1 Å². The number of Topliss-reactive ketones (excluding diaryl/α,β-unsaturated/α-hetero) is 1. The average molecular weight is 237 g/mol. The highest BCUT2D eigenvalue weighted by Gasteiger charge is 2.23. The molecule has 1 aliphatic rings. The van der Waals surface area contributed by atoms with Gasteiger partial charge in [0.15, 0.2) is 5.78 Å². The fourth-order valence-electron chi connectivity index (χ4n) is 2.67. The molecule has 18 heavy (non-hydrogen) atoms. The zero-order valence-electron chi connectivity index (χ0n) is 10.6. The Labute approximate surface area is 107 Å². The molecule has 0 aliphatic carbocycles. The van der Waals surface area contributed by atoms with Crippen LogP contribution in [0.4, 0.5) is 11.4 Å². The van der Waals surface area contributed by atoms with Gasteiger partial charge in [0.25, 0.3) is 0 Å². The van der Waals surface area contributed by atoms with Gasteiger partial charge in [-0.3, -0.25) is 4.79 Å². The van der Waals surface area contributed by atoms with Crippen LogP contribution in [0.2, 0.25) is 0 Å². The summed E-state index contributed by atoms with van der Waals surface area (Å²) in [6.45, 7) is 2.00. The van der Waals surface area contributed by atoms with Gasteiger partial charge in [-0.05, 0) is 30.2 Å². The maximum absolute atomic E-state index is 12.4. The third kappa shape index (κ3) is 1.53. The van der Waals surface area contributed by atoms with E-state index in [0.29, 0.717) is 6.42 Å². The van der Waals surface area contributed by atoms with Gasteiger partial charge < -0.3 is 4.90 Å². The molecule has 1 heterocycles. The molecule has 2 aromatic carbocycles. The Bertz CT molecular complexity index is 631. The van der Waals surface area contributed by atoms with E-state index in [9.17, 15) is 4.79 Å². The van der Waals surface area contributed by atoms with Crippen LogP contribution < -0.4 is 4.90 Å². The Balaban J connectivity index is 2.29. The number of fused-ring (bicyclic) bond motifs is 2. The molecular formula is C16H15NO. The highest BCUT2D eigenvalue weighted by Crippen LogP contribution is 2.35. The van der Waals surface area contributed by atoms with Crippen molar-refractivity contribution in [2.45, 2.75) is 13.3 Å². The lowest BCUT2D eigenvalue weighted by atomic mass is 9.99. The fraction of sp³-hybridized carbons (Fsp3) is 0.188. The number of hydrogen-bond donors (Lipinski definition) is 0. The predicted octanol–water partition coefficient (Wildman–Crippen LogP) is 3.50. The molecule has 2 heteroatoms. The molecule has 0 spiro atoms. The second-order valence-corrected chi connectivity index (χ2v) is 4.76. The summed E-state index contributed by atoms with van der Waals surface area (Å²) < 4.78 is 0. The van der Waals surface area contributed by atoms with E-state index < -0.39 is 0 Å². The zero-order valence-corrected chi connectivity index (χ0v) is 10.6. The second kappa shape index (κ2) is 3.98. The van der Waals surface area contributed by atoms with Crippen molar-refractivity contribution >= 4 is 17.2 Å². The smallest absolute Gasteiger partial charge is 0.169 e. The Morgan fingerprint density at radius 1 is 1.00 bits per heavy atom. The van der Waals surface area contributed by atoms with Gasteiger partial charge in [-0.1, -0.05) is 30.3 Å². The molecule has 0 unspecified atom stereocenters. The van der Waals surface area contributed by atoms with Crippen molar-refractivity contribution in [3.8, 4) is 0 Å². The molecule has 0 fully saturated rings. The lowest BCUT2D eigenvalue weighted by Gasteiger charge is -2.21. The maximum atomic E-state index is 12.4. The van der Waals surface area contributed by atoms with Crippen molar-refractivity contribution in [1.82, 2.24) is 0 Å². The molecule has 0 saturated heterocycles. The number of para-hydroxylation sites is 1. The Hall–Kier alpha value is -2.09. The van der Waals surface area contributed by atoms with Gasteiger partial charge in [-0.2, -0.15) is 0 Å². The van der Waals surface area contributed by atoms with E-state index in [4.69, 9.17) is 0 Å². The van der Waals surface area contributed by atoms with Crippen molar-refractivity contribution in [3.05, 3.63) is 59.2 Å². The van der Waals surface area contributed by atoms with Crippen LogP contribution >= 0.6 is 0 Å². The molecule has 90 valence electrons. The lowest BCUT2D eigenvalue weighted by molar-refractivity contribution is 0.0994. The molecule has 3 rings (SSSR count). The van der Waals surface area contributed by atoms with E-state index in [2.05, 4.69) is 11.0 Å². The topological polar surface area (TPSA) is 20.3 Å². The molecule has 0 saturated carbocycles. The Morgan fingerprint density at radius 3 is 2.56 bits per heavy atom. The van der Waals surface area contributed by atoms with E-state index >= 15 is 0 Å². The van der Waals surface area contributed by atoms with E-state index in [-0.39, 0.29) is 5.78 Å². The summed E-state index contributed by atoms with van der Waals surface area (Å²) in [4.78, 5) is 14.5. The van der Waals surface area contributed by atoms with Gasteiger partial charge in [-0.25, -0.2) is 0 Å². The number of rotatable bonds is 0. The number of hydrogen-bond acceptors (Lipinski definition) is 2. The number of aryl methyl sites for hydroxylation is 1. The summed E-state index contributed by atoms with van der Waals surface area (Å²) in [7, 11) is 2.02. The first-order valence-electron chi connectivity index (χ1n) is 6.13. The first kappa shape index (κ1) is 11.0. The largest absolute Gasteiger partial charge is 0.344 e. The molecule has 0 bridgehead atoms. The first-order chi connectivity index (χ1) is 8.68. The number of benzene rings is 2. The quantitative estimate of drug-likeness (QED) is 0.699. The summed E-state index contributed by atoms with van der Waals surface area (Å²) in [6, 6.07) is 14.1. The second-order valence-electron chi connectivity index (χ2n) is 4.76. The number of carbonyl (C=O) groups excluding carboxylic acids is 1. The van der Waals surface area contributed by atoms with Gasteiger partial charge in [0.1, 0.15) is 0 Å². The minimum atomic E-state index is 0.208. The molecular weight excluding hydrogens is 222 g/mol. The highest BCUT2D eigenvalue weighted by atomic mass is 16.1. The number of anilines is 2. The van der Waals surface area contributed by atoms with Crippen LogP contribution in [0.15, 0.2) is 42.5 Å². The summed E-state index contributed by atoms with van der Waals surface area (Å²) in [5.41, 5.74) is 5.13. The molecule has 0 radical (unpaired) electrons. The summed E-state index contributed by atoms with van der Waals surface area (Å²) in [5.74, 6) is 0.208. The molecule has 1 aliphatic heterocycles. The van der Waals surface area contributed by atoms with Crippen LogP contribution in [0.3, 0.4) is 0 Å². The summed E-state index contributed by atoms with van der Waals surface area (Å²) in [5, 5.41) is 0. The molecule has 2 nitrogen and oxygen atoms in total. The maximum Gasteiger partial charge on any atom is 0.169 e. The van der Waals surface area contributed by atoms with Crippen LogP contribution in [0.5, 0.6) is 0 Å². The molecule has 0 amide bonds. The number of ketones is 1.